The number of urea groups is 1. The molecule has 11 heteroatoms. The smallest absolute Gasteiger partial charge is 0.330 e. The van der Waals surface area contributed by atoms with E-state index in [-0.39, 0.29) is 34.7 Å². The second kappa shape index (κ2) is 9.17. The molecule has 32 heavy (non-hydrogen) atoms. The summed E-state index contributed by atoms with van der Waals surface area (Å²) in [5.74, 6) is 1.68. The molecule has 3 N–H and O–H groups in total. The van der Waals surface area contributed by atoms with Crippen molar-refractivity contribution < 1.29 is 14.3 Å². The summed E-state index contributed by atoms with van der Waals surface area (Å²) in [4.78, 5) is 25.3. The van der Waals surface area contributed by atoms with Gasteiger partial charge in [0, 0.05) is 37.0 Å². The lowest BCUT2D eigenvalue weighted by Gasteiger charge is -2.35. The molecule has 1 aliphatic carbocycles. The highest BCUT2D eigenvalue weighted by atomic mass is 35.5. The number of ether oxygens (including phenoxy) is 2. The van der Waals surface area contributed by atoms with Gasteiger partial charge in [0.25, 0.3) is 0 Å². The summed E-state index contributed by atoms with van der Waals surface area (Å²) in [5.41, 5.74) is 7.29. The third-order valence-corrected chi connectivity index (χ3v) is 6.69. The molecule has 1 aromatic heterocycles. The van der Waals surface area contributed by atoms with Crippen molar-refractivity contribution in [3.8, 4) is 11.5 Å². The third kappa shape index (κ3) is 4.00. The zero-order valence-electron chi connectivity index (χ0n) is 18.2. The number of fused-ring (bicyclic) bond motifs is 1. The van der Waals surface area contributed by atoms with E-state index in [4.69, 9.17) is 38.4 Å². The molecule has 1 saturated carbocycles. The Morgan fingerprint density at radius 3 is 2.44 bits per heavy atom. The number of anilines is 3. The van der Waals surface area contributed by atoms with E-state index in [0.717, 1.165) is 31.2 Å². The van der Waals surface area contributed by atoms with Crippen LogP contribution in [0.2, 0.25) is 10.0 Å². The zero-order valence-corrected chi connectivity index (χ0v) is 19.7. The summed E-state index contributed by atoms with van der Waals surface area (Å²) < 4.78 is 10.7. The fraction of sp³-hybridized carbons (Fsp3) is 0.476. The topological polar surface area (TPSA) is 106 Å². The number of nitrogens with zero attached hydrogens (tertiary/aromatic N) is 4. The van der Waals surface area contributed by atoms with Gasteiger partial charge in [0.05, 0.1) is 26.5 Å². The summed E-state index contributed by atoms with van der Waals surface area (Å²) in [6, 6.07) is 1.42. The van der Waals surface area contributed by atoms with Gasteiger partial charge in [-0.25, -0.2) is 9.78 Å². The predicted molar refractivity (Wildman–Crippen MR) is 125 cm³/mol. The van der Waals surface area contributed by atoms with Gasteiger partial charge >= 0.3 is 6.03 Å². The monoisotopic (exact) mass is 480 g/mol. The SMILES string of the molecule is COc1cc(OC)c(Cl)c(N2Cc3cnc(NC4CCCCC4N)nc3N(C)C2=O)c1Cl. The number of aromatic nitrogens is 2. The first-order valence-corrected chi connectivity index (χ1v) is 11.1. The Morgan fingerprint density at radius 1 is 1.16 bits per heavy atom. The molecule has 2 atom stereocenters. The average Bonchev–Trinajstić information content (AvgIpc) is 2.79. The van der Waals surface area contributed by atoms with Gasteiger partial charge < -0.3 is 20.5 Å². The molecule has 2 heterocycles. The van der Waals surface area contributed by atoms with E-state index in [2.05, 4.69) is 15.3 Å². The highest BCUT2D eigenvalue weighted by Crippen LogP contribution is 2.47. The number of hydrogen-bond donors (Lipinski definition) is 2. The van der Waals surface area contributed by atoms with Crippen molar-refractivity contribution in [1.82, 2.24) is 9.97 Å². The minimum absolute atomic E-state index is 0.0607. The Labute approximate surface area is 196 Å². The van der Waals surface area contributed by atoms with Crippen molar-refractivity contribution in [1.29, 1.82) is 0 Å². The number of halogens is 2. The average molecular weight is 481 g/mol. The van der Waals surface area contributed by atoms with Crippen LogP contribution in [0.25, 0.3) is 0 Å². The fourth-order valence-electron chi connectivity index (χ4n) is 4.17. The van der Waals surface area contributed by atoms with Gasteiger partial charge in [0.2, 0.25) is 5.95 Å². The first kappa shape index (κ1) is 22.7. The number of carbonyl (C=O) groups is 1. The van der Waals surface area contributed by atoms with Crippen molar-refractivity contribution in [2.45, 2.75) is 44.3 Å². The number of nitrogens with two attached hydrogens (primary N) is 1. The zero-order chi connectivity index (χ0) is 23.0. The summed E-state index contributed by atoms with van der Waals surface area (Å²) in [6.07, 6.45) is 5.90. The molecular weight excluding hydrogens is 455 g/mol. The van der Waals surface area contributed by atoms with Gasteiger partial charge in [-0.05, 0) is 12.8 Å². The Hall–Kier alpha value is -2.49. The maximum absolute atomic E-state index is 13.3. The van der Waals surface area contributed by atoms with E-state index in [9.17, 15) is 4.79 Å². The van der Waals surface area contributed by atoms with E-state index in [1.807, 2.05) is 0 Å². The van der Waals surface area contributed by atoms with Gasteiger partial charge in [0.15, 0.2) is 0 Å². The van der Waals surface area contributed by atoms with Gasteiger partial charge in [0.1, 0.15) is 27.4 Å². The number of hydrogen-bond acceptors (Lipinski definition) is 7. The lowest BCUT2D eigenvalue weighted by atomic mass is 9.91. The van der Waals surface area contributed by atoms with Crippen LogP contribution < -0.4 is 30.3 Å². The first-order valence-electron chi connectivity index (χ1n) is 10.4. The number of carbonyl (C=O) groups excluding carboxylic acids is 1. The summed E-state index contributed by atoms with van der Waals surface area (Å²) in [6.45, 7) is 0.192. The normalized spacial score (nSPS) is 20.8. The van der Waals surface area contributed by atoms with E-state index < -0.39 is 0 Å². The molecule has 1 aliphatic heterocycles. The second-order valence-corrected chi connectivity index (χ2v) is 8.68. The van der Waals surface area contributed by atoms with Gasteiger partial charge in [-0.2, -0.15) is 4.98 Å². The molecular formula is C21H26Cl2N6O3. The molecule has 1 fully saturated rings. The first-order chi connectivity index (χ1) is 15.3. The molecule has 2 amide bonds. The van der Waals surface area contributed by atoms with Crippen molar-refractivity contribution in [3.05, 3.63) is 27.9 Å². The Balaban J connectivity index is 1.67. The molecule has 9 nitrogen and oxygen atoms in total. The second-order valence-electron chi connectivity index (χ2n) is 7.93. The van der Waals surface area contributed by atoms with Crippen LogP contribution in [0.15, 0.2) is 12.3 Å². The molecule has 2 aliphatic rings. The van der Waals surface area contributed by atoms with Gasteiger partial charge in [-0.3, -0.25) is 9.80 Å². The molecule has 2 aromatic rings. The van der Waals surface area contributed by atoms with Crippen LogP contribution in [0.5, 0.6) is 11.5 Å². The summed E-state index contributed by atoms with van der Waals surface area (Å²) in [7, 11) is 4.62. The number of rotatable bonds is 5. The fourth-order valence-corrected chi connectivity index (χ4v) is 4.87. The van der Waals surface area contributed by atoms with Crippen molar-refractivity contribution in [3.63, 3.8) is 0 Å². The number of nitrogens with one attached hydrogen (secondary N) is 1. The maximum atomic E-state index is 13.3. The van der Waals surface area contributed by atoms with E-state index in [1.165, 1.54) is 24.0 Å². The molecule has 0 spiro atoms. The van der Waals surface area contributed by atoms with Crippen molar-refractivity contribution in [2.75, 3.05) is 36.4 Å². The number of methoxy groups -OCH3 is 2. The number of benzene rings is 1. The maximum Gasteiger partial charge on any atom is 0.330 e. The van der Waals surface area contributed by atoms with Crippen LogP contribution in [0.1, 0.15) is 31.2 Å². The van der Waals surface area contributed by atoms with Crippen LogP contribution >= 0.6 is 23.2 Å². The van der Waals surface area contributed by atoms with Crippen LogP contribution in [-0.4, -0.2) is 49.4 Å². The van der Waals surface area contributed by atoms with Crippen molar-refractivity contribution >= 4 is 46.7 Å². The highest BCUT2D eigenvalue weighted by molar-refractivity contribution is 6.42. The van der Waals surface area contributed by atoms with E-state index >= 15 is 0 Å². The highest BCUT2D eigenvalue weighted by Gasteiger charge is 2.35. The lowest BCUT2D eigenvalue weighted by molar-refractivity contribution is 0.251. The van der Waals surface area contributed by atoms with E-state index in [0.29, 0.717) is 29.0 Å². The molecule has 1 aromatic carbocycles. The number of amides is 2. The van der Waals surface area contributed by atoms with Gasteiger partial charge in [-0.1, -0.05) is 36.0 Å². The standard InChI is InChI=1S/C21H26Cl2N6O3/c1-28-19-11(9-25-20(27-19)26-13-7-5-4-6-12(13)24)10-29(21(28)30)18-16(22)14(31-2)8-15(32-3)17(18)23/h8-9,12-13H,4-7,10,24H2,1-3H3,(H,25,26,27). The summed E-state index contributed by atoms with van der Waals surface area (Å²) >= 11 is 13.1. The van der Waals surface area contributed by atoms with Crippen LogP contribution in [-0.2, 0) is 6.54 Å². The predicted octanol–water partition coefficient (Wildman–Crippen LogP) is 4.06. The molecule has 2 unspecified atom stereocenters. The van der Waals surface area contributed by atoms with Crippen LogP contribution in [0, 0.1) is 0 Å². The van der Waals surface area contributed by atoms with Crippen LogP contribution in [0.4, 0.5) is 22.2 Å². The molecule has 0 radical (unpaired) electrons. The Kier molecular flexibility index (Phi) is 6.50. The molecule has 172 valence electrons. The molecule has 4 rings (SSSR count). The Morgan fingerprint density at radius 2 is 1.81 bits per heavy atom. The lowest BCUT2D eigenvalue weighted by Crippen LogP contribution is -2.46. The largest absolute Gasteiger partial charge is 0.495 e. The third-order valence-electron chi connectivity index (χ3n) is 5.96. The quantitative estimate of drug-likeness (QED) is 0.664. The molecule has 0 bridgehead atoms. The molecule has 0 saturated heterocycles. The minimum atomic E-state index is -0.337. The van der Waals surface area contributed by atoms with Gasteiger partial charge in [-0.15, -0.1) is 0 Å². The summed E-state index contributed by atoms with van der Waals surface area (Å²) in [5, 5.41) is 3.77. The minimum Gasteiger partial charge on any atom is -0.495 e. The van der Waals surface area contributed by atoms with E-state index in [1.54, 1.807) is 19.3 Å². The van der Waals surface area contributed by atoms with Crippen molar-refractivity contribution in [2.24, 2.45) is 5.73 Å². The Bertz CT molecular complexity index is 1010. The van der Waals surface area contributed by atoms with Crippen LogP contribution in [0.3, 0.4) is 0 Å².